The molecule has 2 aliphatic heterocycles. The van der Waals surface area contributed by atoms with E-state index in [0.29, 0.717) is 12.1 Å². The summed E-state index contributed by atoms with van der Waals surface area (Å²) in [7, 11) is 2.19. The first kappa shape index (κ1) is 13.6. The molecule has 2 atom stereocenters. The number of hydrogen-bond acceptors (Lipinski definition) is 3. The van der Waals surface area contributed by atoms with Crippen LogP contribution in [0.3, 0.4) is 0 Å². The fourth-order valence-corrected chi connectivity index (χ4v) is 3.79. The van der Waals surface area contributed by atoms with Crippen LogP contribution in [0, 0.1) is 0 Å². The maximum Gasteiger partial charge on any atom is 0.257 e. The van der Waals surface area contributed by atoms with Crippen molar-refractivity contribution in [2.75, 3.05) is 20.1 Å². The van der Waals surface area contributed by atoms with Crippen LogP contribution in [0.1, 0.15) is 48.7 Å². The second-order valence-corrected chi connectivity index (χ2v) is 6.01. The maximum absolute atomic E-state index is 12.8. The standard InChI is InChI=1S/C15H24N4O/c1-3-12-11(10-16-17-12)15(20)19-9-5-7-14(19)13-6-4-8-18(13)2/h10,13-14H,3-9H2,1-2H3,(H,16,17)/t13-,14+/m1/s1. The summed E-state index contributed by atoms with van der Waals surface area (Å²) in [5.41, 5.74) is 1.72. The van der Waals surface area contributed by atoms with Crippen LogP contribution in [-0.4, -0.2) is 58.1 Å². The van der Waals surface area contributed by atoms with Crippen LogP contribution >= 0.6 is 0 Å². The smallest absolute Gasteiger partial charge is 0.257 e. The lowest BCUT2D eigenvalue weighted by atomic mass is 10.0. The third-order valence-electron chi connectivity index (χ3n) is 4.88. The van der Waals surface area contributed by atoms with Crippen LogP contribution in [-0.2, 0) is 6.42 Å². The molecule has 110 valence electrons. The molecule has 3 heterocycles. The molecule has 1 aromatic heterocycles. The Bertz CT molecular complexity index is 484. The molecule has 5 nitrogen and oxygen atoms in total. The summed E-state index contributed by atoms with van der Waals surface area (Å²) in [5, 5.41) is 6.99. The zero-order valence-corrected chi connectivity index (χ0v) is 12.4. The molecule has 0 aromatic carbocycles. The van der Waals surface area contributed by atoms with Gasteiger partial charge in [-0.1, -0.05) is 6.92 Å². The number of aromatic amines is 1. The lowest BCUT2D eigenvalue weighted by Gasteiger charge is -2.33. The predicted molar refractivity (Wildman–Crippen MR) is 77.7 cm³/mol. The van der Waals surface area contributed by atoms with E-state index in [1.54, 1.807) is 6.20 Å². The summed E-state index contributed by atoms with van der Waals surface area (Å²) in [4.78, 5) is 17.3. The molecule has 5 heteroatoms. The monoisotopic (exact) mass is 276 g/mol. The van der Waals surface area contributed by atoms with Crippen molar-refractivity contribution in [2.45, 2.75) is 51.1 Å². The number of likely N-dealkylation sites (tertiary alicyclic amines) is 2. The van der Waals surface area contributed by atoms with Gasteiger partial charge in [0.1, 0.15) is 0 Å². The van der Waals surface area contributed by atoms with E-state index >= 15 is 0 Å². The van der Waals surface area contributed by atoms with E-state index < -0.39 is 0 Å². The molecule has 0 bridgehead atoms. The third kappa shape index (κ3) is 2.24. The van der Waals surface area contributed by atoms with Gasteiger partial charge in [-0.05, 0) is 45.7 Å². The molecule has 2 fully saturated rings. The molecule has 0 aliphatic carbocycles. The zero-order chi connectivity index (χ0) is 14.1. The molecule has 1 aromatic rings. The highest BCUT2D eigenvalue weighted by Gasteiger charge is 2.39. The Morgan fingerprint density at radius 2 is 2.10 bits per heavy atom. The first-order chi connectivity index (χ1) is 9.72. The van der Waals surface area contributed by atoms with E-state index in [4.69, 9.17) is 0 Å². The van der Waals surface area contributed by atoms with Gasteiger partial charge in [0.25, 0.3) is 5.91 Å². The summed E-state index contributed by atoms with van der Waals surface area (Å²) in [6.07, 6.45) is 7.25. The van der Waals surface area contributed by atoms with Crippen molar-refractivity contribution in [3.8, 4) is 0 Å². The van der Waals surface area contributed by atoms with Gasteiger partial charge in [0.15, 0.2) is 0 Å². The number of likely N-dealkylation sites (N-methyl/N-ethyl adjacent to an activating group) is 1. The summed E-state index contributed by atoms with van der Waals surface area (Å²) in [5.74, 6) is 0.165. The molecule has 0 saturated carbocycles. The molecule has 0 radical (unpaired) electrons. The van der Waals surface area contributed by atoms with Gasteiger partial charge in [0.2, 0.25) is 0 Å². The van der Waals surface area contributed by atoms with E-state index in [2.05, 4.69) is 34.0 Å². The van der Waals surface area contributed by atoms with Crippen molar-refractivity contribution in [1.82, 2.24) is 20.0 Å². The second-order valence-electron chi connectivity index (χ2n) is 6.01. The topological polar surface area (TPSA) is 52.2 Å². The molecule has 3 rings (SSSR count). The SMILES string of the molecule is CCc1[nH]ncc1C(=O)N1CCC[C@H]1[C@H]1CCCN1C. The summed E-state index contributed by atoms with van der Waals surface area (Å²) < 4.78 is 0. The number of rotatable bonds is 3. The molecule has 1 N–H and O–H groups in total. The first-order valence-corrected chi connectivity index (χ1v) is 7.75. The molecule has 2 saturated heterocycles. The second kappa shape index (κ2) is 5.56. The van der Waals surface area contributed by atoms with Crippen LogP contribution in [0.4, 0.5) is 0 Å². The number of aromatic nitrogens is 2. The minimum atomic E-state index is 0.165. The molecular formula is C15H24N4O. The average molecular weight is 276 g/mol. The van der Waals surface area contributed by atoms with Gasteiger partial charge in [0.05, 0.1) is 11.8 Å². The normalized spacial score (nSPS) is 27.4. The van der Waals surface area contributed by atoms with E-state index in [9.17, 15) is 4.79 Å². The minimum absolute atomic E-state index is 0.165. The molecule has 20 heavy (non-hydrogen) atoms. The Kier molecular flexibility index (Phi) is 3.78. The highest BCUT2D eigenvalue weighted by molar-refractivity contribution is 5.95. The van der Waals surface area contributed by atoms with Gasteiger partial charge >= 0.3 is 0 Å². The van der Waals surface area contributed by atoms with Crippen molar-refractivity contribution in [3.63, 3.8) is 0 Å². The van der Waals surface area contributed by atoms with Gasteiger partial charge in [-0.25, -0.2) is 0 Å². The zero-order valence-electron chi connectivity index (χ0n) is 12.4. The Balaban J connectivity index is 1.80. The molecule has 2 aliphatic rings. The summed E-state index contributed by atoms with van der Waals surface area (Å²) in [6, 6.07) is 0.924. The van der Waals surface area contributed by atoms with Gasteiger partial charge in [-0.15, -0.1) is 0 Å². The van der Waals surface area contributed by atoms with Crippen LogP contribution in [0.25, 0.3) is 0 Å². The van der Waals surface area contributed by atoms with Crippen molar-refractivity contribution < 1.29 is 4.79 Å². The fraction of sp³-hybridized carbons (Fsp3) is 0.733. The lowest BCUT2D eigenvalue weighted by molar-refractivity contribution is 0.0663. The van der Waals surface area contributed by atoms with Gasteiger partial charge in [-0.2, -0.15) is 5.10 Å². The minimum Gasteiger partial charge on any atom is -0.334 e. The largest absolute Gasteiger partial charge is 0.334 e. The Morgan fingerprint density at radius 1 is 1.35 bits per heavy atom. The van der Waals surface area contributed by atoms with E-state index in [0.717, 1.165) is 43.6 Å². The van der Waals surface area contributed by atoms with Crippen LogP contribution in [0.15, 0.2) is 6.20 Å². The van der Waals surface area contributed by atoms with Gasteiger partial charge in [-0.3, -0.25) is 9.89 Å². The predicted octanol–water partition coefficient (Wildman–Crippen LogP) is 1.67. The van der Waals surface area contributed by atoms with Crippen molar-refractivity contribution >= 4 is 5.91 Å². The number of carbonyl (C=O) groups is 1. The molecular weight excluding hydrogens is 252 g/mol. The van der Waals surface area contributed by atoms with Crippen LogP contribution in [0.5, 0.6) is 0 Å². The summed E-state index contributed by atoms with van der Waals surface area (Å²) >= 11 is 0. The van der Waals surface area contributed by atoms with Crippen LogP contribution in [0.2, 0.25) is 0 Å². The first-order valence-electron chi connectivity index (χ1n) is 7.75. The Hall–Kier alpha value is -1.36. The number of nitrogens with one attached hydrogen (secondary N) is 1. The van der Waals surface area contributed by atoms with Gasteiger partial charge < -0.3 is 9.80 Å². The number of hydrogen-bond donors (Lipinski definition) is 1. The van der Waals surface area contributed by atoms with E-state index in [-0.39, 0.29) is 5.91 Å². The quantitative estimate of drug-likeness (QED) is 0.913. The van der Waals surface area contributed by atoms with Crippen molar-refractivity contribution in [2.24, 2.45) is 0 Å². The third-order valence-corrected chi connectivity index (χ3v) is 4.88. The Labute approximate surface area is 120 Å². The molecule has 0 spiro atoms. The van der Waals surface area contributed by atoms with E-state index in [1.165, 1.54) is 12.8 Å². The number of H-pyrrole nitrogens is 1. The number of aryl methyl sites for hydroxylation is 1. The number of amides is 1. The van der Waals surface area contributed by atoms with Gasteiger partial charge in [0, 0.05) is 24.3 Å². The van der Waals surface area contributed by atoms with Crippen molar-refractivity contribution in [1.29, 1.82) is 0 Å². The average Bonchev–Trinajstić information content (AvgIpc) is 3.17. The molecule has 1 amide bonds. The number of carbonyl (C=O) groups excluding carboxylic acids is 1. The number of nitrogens with zero attached hydrogens (tertiary/aromatic N) is 3. The fourth-order valence-electron chi connectivity index (χ4n) is 3.79. The highest BCUT2D eigenvalue weighted by atomic mass is 16.2. The highest BCUT2D eigenvalue weighted by Crippen LogP contribution is 2.30. The van der Waals surface area contributed by atoms with E-state index in [1.807, 2.05) is 0 Å². The van der Waals surface area contributed by atoms with Crippen LogP contribution < -0.4 is 0 Å². The van der Waals surface area contributed by atoms with Crippen molar-refractivity contribution in [3.05, 3.63) is 17.5 Å². The lowest BCUT2D eigenvalue weighted by Crippen LogP contribution is -2.47. The Morgan fingerprint density at radius 3 is 2.80 bits per heavy atom. The molecule has 0 unspecified atom stereocenters. The maximum atomic E-state index is 12.8. The summed E-state index contributed by atoms with van der Waals surface area (Å²) in [6.45, 7) is 4.10.